The molecule has 0 aliphatic rings. The van der Waals surface area contributed by atoms with E-state index in [0.29, 0.717) is 28.1 Å². The zero-order valence-corrected chi connectivity index (χ0v) is 21.3. The van der Waals surface area contributed by atoms with Crippen molar-refractivity contribution in [3.63, 3.8) is 0 Å². The van der Waals surface area contributed by atoms with Gasteiger partial charge in [-0.3, -0.25) is 4.79 Å². The van der Waals surface area contributed by atoms with E-state index in [1.807, 2.05) is 20.0 Å². The Morgan fingerprint density at radius 2 is 1.94 bits per heavy atom. The molecule has 6 heteroatoms. The number of carbonyl (C=O) groups excluding carboxylic acids is 1. The predicted molar refractivity (Wildman–Crippen MR) is 135 cm³/mol. The van der Waals surface area contributed by atoms with E-state index in [4.69, 9.17) is 27.9 Å². The number of allylic oxidation sites excluding steroid dienone is 4. The van der Waals surface area contributed by atoms with Gasteiger partial charge in [-0.2, -0.15) is 0 Å². The zero-order chi connectivity index (χ0) is 23.8. The lowest BCUT2D eigenvalue weighted by atomic mass is 10.0. The number of benzene rings is 1. The largest absolute Gasteiger partial charge is 0.504 e. The van der Waals surface area contributed by atoms with Crippen LogP contribution < -0.4 is 10.6 Å². The van der Waals surface area contributed by atoms with Crippen molar-refractivity contribution < 1.29 is 9.53 Å². The number of amides is 1. The van der Waals surface area contributed by atoms with Crippen LogP contribution in [-0.4, -0.2) is 33.2 Å². The van der Waals surface area contributed by atoms with Crippen LogP contribution in [0, 0.1) is 5.92 Å². The van der Waals surface area contributed by atoms with Gasteiger partial charge in [0.25, 0.3) is 5.91 Å². The minimum absolute atomic E-state index is 0.112. The summed E-state index contributed by atoms with van der Waals surface area (Å²) in [4.78, 5) is 11.9. The third kappa shape index (κ3) is 12.0. The Labute approximate surface area is 198 Å². The minimum Gasteiger partial charge on any atom is -0.504 e. The van der Waals surface area contributed by atoms with Gasteiger partial charge in [0.1, 0.15) is 0 Å². The van der Waals surface area contributed by atoms with Crippen LogP contribution in [0.5, 0.6) is 0 Å². The summed E-state index contributed by atoms with van der Waals surface area (Å²) >= 11 is 11.7. The number of nitrogens with one attached hydrogen (secondary N) is 2. The van der Waals surface area contributed by atoms with Crippen LogP contribution in [0.25, 0.3) is 0 Å². The molecule has 1 unspecified atom stereocenters. The van der Waals surface area contributed by atoms with Crippen molar-refractivity contribution in [2.75, 3.05) is 27.2 Å². The summed E-state index contributed by atoms with van der Waals surface area (Å²) in [5.74, 6) is 0.346. The molecule has 2 N–H and O–H groups in total. The summed E-state index contributed by atoms with van der Waals surface area (Å²) < 4.78 is 4.93. The van der Waals surface area contributed by atoms with Gasteiger partial charge in [0.15, 0.2) is 0 Å². The van der Waals surface area contributed by atoms with Crippen molar-refractivity contribution in [2.45, 2.75) is 47.0 Å². The predicted octanol–water partition coefficient (Wildman–Crippen LogP) is 6.81. The summed E-state index contributed by atoms with van der Waals surface area (Å²) in [6.45, 7) is 13.8. The molecule has 4 nitrogen and oxygen atoms in total. The van der Waals surface area contributed by atoms with Crippen molar-refractivity contribution in [2.24, 2.45) is 5.92 Å². The molecule has 0 saturated heterocycles. The van der Waals surface area contributed by atoms with Crippen LogP contribution in [0.3, 0.4) is 0 Å². The van der Waals surface area contributed by atoms with Crippen LogP contribution in [-0.2, 0) is 4.74 Å². The highest BCUT2D eigenvalue weighted by molar-refractivity contribution is 6.42. The Bertz CT molecular complexity index is 758. The van der Waals surface area contributed by atoms with E-state index in [-0.39, 0.29) is 5.91 Å². The van der Waals surface area contributed by atoms with Gasteiger partial charge in [0.05, 0.1) is 23.4 Å². The maximum Gasteiger partial charge on any atom is 0.251 e. The lowest BCUT2D eigenvalue weighted by Crippen LogP contribution is -2.28. The molecule has 0 aromatic heterocycles. The molecule has 0 heterocycles. The normalized spacial score (nSPS) is 12.8. The maximum atomic E-state index is 11.9. The smallest absolute Gasteiger partial charge is 0.251 e. The van der Waals surface area contributed by atoms with Crippen molar-refractivity contribution in [1.29, 1.82) is 0 Å². The van der Waals surface area contributed by atoms with Gasteiger partial charge in [-0.15, -0.1) is 0 Å². The molecule has 0 aliphatic carbocycles. The SMILES string of the molecule is C=C/C(CC)=C(C)\C(C)=C\OC.CNCCCC(C)CNC(=O)c1ccc(Cl)c(Cl)c1. The molecule has 1 atom stereocenters. The maximum absolute atomic E-state index is 11.9. The summed E-state index contributed by atoms with van der Waals surface area (Å²) in [7, 11) is 3.60. The van der Waals surface area contributed by atoms with E-state index in [2.05, 4.69) is 38.0 Å². The van der Waals surface area contributed by atoms with Crippen LogP contribution in [0.1, 0.15) is 57.3 Å². The minimum atomic E-state index is -0.112. The van der Waals surface area contributed by atoms with Gasteiger partial charge in [0.2, 0.25) is 0 Å². The fraction of sp³-hybridized carbons (Fsp3) is 0.480. The molecule has 174 valence electrons. The van der Waals surface area contributed by atoms with Gasteiger partial charge in [-0.1, -0.05) is 49.7 Å². The molecule has 31 heavy (non-hydrogen) atoms. The topological polar surface area (TPSA) is 50.4 Å². The standard InChI is InChI=1S/C14H20Cl2N2O.C11H18O/c1-10(4-3-7-17-2)9-18-14(19)11-5-6-12(15)13(16)8-11;1-6-11(7-2)10(4)9(3)8-12-5/h5-6,8,10,17H,3-4,7,9H2,1-2H3,(H,18,19);6,8H,1,7H2,2-5H3/b;9-8+,11-10+. The molecule has 0 aliphatic heterocycles. The Balaban J connectivity index is 0.000000649. The van der Waals surface area contributed by atoms with Gasteiger partial charge in [0, 0.05) is 12.1 Å². The Morgan fingerprint density at radius 1 is 1.26 bits per heavy atom. The Kier molecular flexibility index (Phi) is 15.9. The van der Waals surface area contributed by atoms with E-state index in [1.165, 1.54) is 11.1 Å². The molecule has 0 saturated carbocycles. The van der Waals surface area contributed by atoms with E-state index in [0.717, 1.165) is 31.4 Å². The summed E-state index contributed by atoms with van der Waals surface area (Å²) in [5, 5.41) is 6.88. The first-order valence-corrected chi connectivity index (χ1v) is 11.4. The lowest BCUT2D eigenvalue weighted by Gasteiger charge is -2.12. The quantitative estimate of drug-likeness (QED) is 0.213. The summed E-state index contributed by atoms with van der Waals surface area (Å²) in [6, 6.07) is 4.90. The molecule has 0 bridgehead atoms. The van der Waals surface area contributed by atoms with E-state index in [9.17, 15) is 4.79 Å². The van der Waals surface area contributed by atoms with Crippen LogP contribution in [0.15, 0.2) is 53.8 Å². The molecule has 1 aromatic carbocycles. The molecule has 0 spiro atoms. The van der Waals surface area contributed by atoms with Crippen molar-refractivity contribution >= 4 is 29.1 Å². The first-order valence-electron chi connectivity index (χ1n) is 10.6. The van der Waals surface area contributed by atoms with Gasteiger partial charge >= 0.3 is 0 Å². The number of methoxy groups -OCH3 is 1. The summed E-state index contributed by atoms with van der Waals surface area (Å²) in [6.07, 6.45) is 6.88. The second-order valence-electron chi connectivity index (χ2n) is 7.43. The number of carbonyl (C=O) groups is 1. The first-order chi connectivity index (χ1) is 14.7. The second-order valence-corrected chi connectivity index (χ2v) is 8.25. The van der Waals surface area contributed by atoms with Crippen molar-refractivity contribution in [3.05, 3.63) is 69.4 Å². The second kappa shape index (κ2) is 16.9. The third-order valence-corrected chi connectivity index (χ3v) is 5.65. The number of hydrogen-bond acceptors (Lipinski definition) is 3. The summed E-state index contributed by atoms with van der Waals surface area (Å²) in [5.41, 5.74) is 4.24. The van der Waals surface area contributed by atoms with Crippen LogP contribution in [0.2, 0.25) is 10.0 Å². The zero-order valence-electron chi connectivity index (χ0n) is 19.8. The monoisotopic (exact) mass is 468 g/mol. The number of hydrogen-bond donors (Lipinski definition) is 2. The molecule has 0 radical (unpaired) electrons. The Morgan fingerprint density at radius 3 is 2.45 bits per heavy atom. The van der Waals surface area contributed by atoms with Crippen molar-refractivity contribution in [3.8, 4) is 0 Å². The van der Waals surface area contributed by atoms with Gasteiger partial charge < -0.3 is 15.4 Å². The highest BCUT2D eigenvalue weighted by Gasteiger charge is 2.09. The first kappa shape index (κ1) is 29.2. The molecular weight excluding hydrogens is 431 g/mol. The molecule has 1 aromatic rings. The number of ether oxygens (including phenoxy) is 1. The number of rotatable bonds is 11. The van der Waals surface area contributed by atoms with Gasteiger partial charge in [-0.25, -0.2) is 0 Å². The molecule has 1 rings (SSSR count). The highest BCUT2D eigenvalue weighted by atomic mass is 35.5. The van der Waals surface area contributed by atoms with E-state index >= 15 is 0 Å². The molecule has 0 fully saturated rings. The molecular formula is C25H38Cl2N2O2. The van der Waals surface area contributed by atoms with E-state index < -0.39 is 0 Å². The average Bonchev–Trinajstić information content (AvgIpc) is 2.75. The van der Waals surface area contributed by atoms with Crippen molar-refractivity contribution in [1.82, 2.24) is 10.6 Å². The average molecular weight is 469 g/mol. The Hall–Kier alpha value is -1.75. The lowest BCUT2D eigenvalue weighted by molar-refractivity contribution is 0.0947. The van der Waals surface area contributed by atoms with Gasteiger partial charge in [-0.05, 0) is 87.5 Å². The fourth-order valence-electron chi connectivity index (χ4n) is 2.82. The molecule has 1 amide bonds. The van der Waals surface area contributed by atoms with E-state index in [1.54, 1.807) is 31.6 Å². The highest BCUT2D eigenvalue weighted by Crippen LogP contribution is 2.22. The van der Waals surface area contributed by atoms with Crippen LogP contribution in [0.4, 0.5) is 0 Å². The van der Waals surface area contributed by atoms with Crippen LogP contribution >= 0.6 is 23.2 Å². The number of halogens is 2. The fourth-order valence-corrected chi connectivity index (χ4v) is 3.11. The third-order valence-electron chi connectivity index (χ3n) is 4.91.